The average Bonchev–Trinajstić information content (AvgIpc) is 3.56. The molecule has 5 aliphatic rings. The van der Waals surface area contributed by atoms with Gasteiger partial charge in [-0.15, -0.1) is 0 Å². The summed E-state index contributed by atoms with van der Waals surface area (Å²) in [6.07, 6.45) is 26.1. The van der Waals surface area contributed by atoms with Crippen LogP contribution in [0.25, 0.3) is 0 Å². The van der Waals surface area contributed by atoms with E-state index in [1.165, 1.54) is 115 Å². The van der Waals surface area contributed by atoms with Gasteiger partial charge in [-0.25, -0.2) is 0 Å². The Hall–Kier alpha value is -0.990. The highest BCUT2D eigenvalue weighted by molar-refractivity contribution is 5.69. The number of allylic oxidation sites excluding steroid dienone is 1. The molecule has 3 N–H and O–H groups in total. The molecule has 0 amide bonds. The standard InChI is InChI=1S/C51H90O7/c1-8-10-11-12-13-14-15-16-17-18-19-20-21-22-45(52)56-34-44-46(53)47(54)48(55)49(58-44)57-39-29-31-50(6)38(33-39)25-26-40-42-28-27-41(51(42,7)32-30-43(40)50)36(5)23-24-37(9-2)35(3)4/h25,35-37,39-44,46-49,53-55H,8-24,26-34H2,1-7H3/t36-,37-,39+,40+,41-,42+,43+,44-,46+,47-,48+,49-,50+,51-/m1/s1. The molecule has 4 aliphatic carbocycles. The molecule has 0 aromatic heterocycles. The molecule has 0 bridgehead atoms. The Morgan fingerprint density at radius 1 is 0.793 bits per heavy atom. The van der Waals surface area contributed by atoms with Gasteiger partial charge >= 0.3 is 5.97 Å². The number of hydrogen-bond acceptors (Lipinski definition) is 7. The van der Waals surface area contributed by atoms with E-state index in [4.69, 9.17) is 14.2 Å². The molecule has 4 fully saturated rings. The van der Waals surface area contributed by atoms with E-state index in [0.29, 0.717) is 17.8 Å². The van der Waals surface area contributed by atoms with Crippen molar-refractivity contribution in [1.29, 1.82) is 0 Å². The number of aliphatic hydroxyl groups excluding tert-OH is 3. The highest BCUT2D eigenvalue weighted by atomic mass is 16.7. The Kier molecular flexibility index (Phi) is 19.0. The van der Waals surface area contributed by atoms with Crippen LogP contribution in [0.4, 0.5) is 0 Å². The van der Waals surface area contributed by atoms with E-state index in [1.807, 2.05) is 0 Å². The summed E-state index contributed by atoms with van der Waals surface area (Å²) in [6.45, 7) is 17.0. The van der Waals surface area contributed by atoms with Crippen molar-refractivity contribution >= 4 is 5.97 Å². The largest absolute Gasteiger partial charge is 0.463 e. The Bertz CT molecular complexity index is 1250. The van der Waals surface area contributed by atoms with Crippen molar-refractivity contribution in [2.24, 2.45) is 52.3 Å². The van der Waals surface area contributed by atoms with Gasteiger partial charge in [0.05, 0.1) is 6.10 Å². The molecule has 1 aliphatic heterocycles. The number of rotatable bonds is 24. The Balaban J connectivity index is 1.04. The minimum Gasteiger partial charge on any atom is -0.463 e. The predicted molar refractivity (Wildman–Crippen MR) is 235 cm³/mol. The van der Waals surface area contributed by atoms with Gasteiger partial charge in [0.25, 0.3) is 0 Å². The molecule has 5 rings (SSSR count). The van der Waals surface area contributed by atoms with Gasteiger partial charge in [-0.05, 0) is 116 Å². The molecule has 14 atom stereocenters. The monoisotopic (exact) mass is 815 g/mol. The number of fused-ring (bicyclic) bond motifs is 5. The predicted octanol–water partition coefficient (Wildman–Crippen LogP) is 11.9. The molecule has 1 heterocycles. The summed E-state index contributed by atoms with van der Waals surface area (Å²) in [5, 5.41) is 32.5. The summed E-state index contributed by atoms with van der Waals surface area (Å²) < 4.78 is 18.0. The third kappa shape index (κ3) is 11.9. The fraction of sp³-hybridized carbons (Fsp3) is 0.941. The lowest BCUT2D eigenvalue weighted by atomic mass is 9.47. The SMILES string of the molecule is CCCCCCCCCCCCCCCC(=O)OC[C@H]1O[C@@H](O[C@H]2CC[C@@]3(C)C(=CC[C@H]4[C@@H]5CC[C@H]([C@H](C)CC[C@@H](CC)C(C)C)[C@@]5(C)CC[C@@H]43)C2)[C@@H](O)[C@H](O)[C@H]1O. The second-order valence-electron chi connectivity index (χ2n) is 21.1. The lowest BCUT2D eigenvalue weighted by molar-refractivity contribution is -0.313. The van der Waals surface area contributed by atoms with Crippen LogP contribution in [-0.4, -0.2) is 64.7 Å². The molecule has 0 aromatic rings. The quantitative estimate of drug-likeness (QED) is 0.0506. The van der Waals surface area contributed by atoms with Crippen LogP contribution in [0.15, 0.2) is 11.6 Å². The summed E-state index contributed by atoms with van der Waals surface area (Å²) in [6, 6.07) is 0. The minimum absolute atomic E-state index is 0.139. The summed E-state index contributed by atoms with van der Waals surface area (Å²) in [5.41, 5.74) is 2.13. The first-order valence-corrected chi connectivity index (χ1v) is 25.0. The van der Waals surface area contributed by atoms with Crippen LogP contribution >= 0.6 is 0 Å². The summed E-state index contributed by atoms with van der Waals surface area (Å²) >= 11 is 0. The van der Waals surface area contributed by atoms with Crippen molar-refractivity contribution in [3.05, 3.63) is 11.6 Å². The zero-order chi connectivity index (χ0) is 41.9. The first kappa shape index (κ1) is 48.0. The minimum atomic E-state index is -1.44. The maximum Gasteiger partial charge on any atom is 0.305 e. The normalized spacial score (nSPS) is 37.1. The zero-order valence-electron chi connectivity index (χ0n) is 38.4. The van der Waals surface area contributed by atoms with E-state index < -0.39 is 30.7 Å². The van der Waals surface area contributed by atoms with Gasteiger partial charge in [-0.2, -0.15) is 0 Å². The molecule has 0 aromatic carbocycles. The van der Waals surface area contributed by atoms with Crippen molar-refractivity contribution in [2.45, 2.75) is 246 Å². The number of carbonyl (C=O) groups is 1. The van der Waals surface area contributed by atoms with Gasteiger partial charge < -0.3 is 29.5 Å². The van der Waals surface area contributed by atoms with Crippen LogP contribution in [0.2, 0.25) is 0 Å². The topological polar surface area (TPSA) is 105 Å². The summed E-state index contributed by atoms with van der Waals surface area (Å²) in [5.74, 6) is 5.24. The van der Waals surface area contributed by atoms with E-state index in [1.54, 1.807) is 0 Å². The van der Waals surface area contributed by atoms with E-state index in [2.05, 4.69) is 54.5 Å². The molecule has 3 saturated carbocycles. The van der Waals surface area contributed by atoms with Gasteiger partial charge in [-0.3, -0.25) is 4.79 Å². The maximum atomic E-state index is 12.6. The van der Waals surface area contributed by atoms with Gasteiger partial charge in [0.15, 0.2) is 6.29 Å². The number of hydrogen-bond donors (Lipinski definition) is 3. The number of unbranched alkanes of at least 4 members (excludes halogenated alkanes) is 12. The van der Waals surface area contributed by atoms with Gasteiger partial charge in [0.1, 0.15) is 31.0 Å². The van der Waals surface area contributed by atoms with Crippen molar-refractivity contribution < 1.29 is 34.3 Å². The summed E-state index contributed by atoms with van der Waals surface area (Å²) in [7, 11) is 0. The Morgan fingerprint density at radius 3 is 2.09 bits per heavy atom. The van der Waals surface area contributed by atoms with Crippen LogP contribution in [0.5, 0.6) is 0 Å². The van der Waals surface area contributed by atoms with E-state index in [-0.39, 0.29) is 24.1 Å². The first-order chi connectivity index (χ1) is 27.8. The number of ether oxygens (including phenoxy) is 3. The molecule has 0 unspecified atom stereocenters. The number of aliphatic hydroxyl groups is 3. The molecule has 7 nitrogen and oxygen atoms in total. The lowest BCUT2D eigenvalue weighted by Crippen LogP contribution is -2.60. The second kappa shape index (κ2) is 22.9. The number of carbonyl (C=O) groups excluding carboxylic acids is 1. The van der Waals surface area contributed by atoms with E-state index in [0.717, 1.165) is 80.5 Å². The zero-order valence-corrected chi connectivity index (χ0v) is 38.4. The van der Waals surface area contributed by atoms with Crippen LogP contribution in [0.1, 0.15) is 209 Å². The molecule has 7 heteroatoms. The Morgan fingerprint density at radius 2 is 1.45 bits per heavy atom. The third-order valence-corrected chi connectivity index (χ3v) is 17.2. The smallest absolute Gasteiger partial charge is 0.305 e. The molecular weight excluding hydrogens is 725 g/mol. The molecular formula is C51H90O7. The van der Waals surface area contributed by atoms with Crippen molar-refractivity contribution in [3.63, 3.8) is 0 Å². The third-order valence-electron chi connectivity index (χ3n) is 17.2. The first-order valence-electron chi connectivity index (χ1n) is 25.0. The maximum absolute atomic E-state index is 12.6. The lowest BCUT2D eigenvalue weighted by Gasteiger charge is -2.58. The average molecular weight is 815 g/mol. The van der Waals surface area contributed by atoms with Crippen LogP contribution < -0.4 is 0 Å². The highest BCUT2D eigenvalue weighted by Gasteiger charge is 2.59. The molecule has 0 spiro atoms. The molecule has 336 valence electrons. The van der Waals surface area contributed by atoms with E-state index >= 15 is 0 Å². The number of esters is 1. The molecule has 0 radical (unpaired) electrons. The molecule has 58 heavy (non-hydrogen) atoms. The highest BCUT2D eigenvalue weighted by Crippen LogP contribution is 2.67. The van der Waals surface area contributed by atoms with Gasteiger partial charge in [-0.1, -0.05) is 150 Å². The van der Waals surface area contributed by atoms with Crippen molar-refractivity contribution in [1.82, 2.24) is 0 Å². The van der Waals surface area contributed by atoms with Crippen LogP contribution in [0, 0.1) is 52.3 Å². The van der Waals surface area contributed by atoms with E-state index in [9.17, 15) is 20.1 Å². The van der Waals surface area contributed by atoms with Crippen LogP contribution in [-0.2, 0) is 19.0 Å². The fourth-order valence-electron chi connectivity index (χ4n) is 13.3. The Labute approximate surface area is 355 Å². The van der Waals surface area contributed by atoms with Gasteiger partial charge in [0.2, 0.25) is 0 Å². The van der Waals surface area contributed by atoms with Crippen LogP contribution in [0.3, 0.4) is 0 Å². The fourth-order valence-corrected chi connectivity index (χ4v) is 13.3. The molecule has 1 saturated heterocycles. The summed E-state index contributed by atoms with van der Waals surface area (Å²) in [4.78, 5) is 12.6. The van der Waals surface area contributed by atoms with Crippen molar-refractivity contribution in [2.75, 3.05) is 6.61 Å². The second-order valence-corrected chi connectivity index (χ2v) is 21.1. The van der Waals surface area contributed by atoms with Crippen molar-refractivity contribution in [3.8, 4) is 0 Å². The van der Waals surface area contributed by atoms with Gasteiger partial charge in [0, 0.05) is 6.42 Å².